The van der Waals surface area contributed by atoms with Gasteiger partial charge in [0.25, 0.3) is 5.91 Å². The highest BCUT2D eigenvalue weighted by Crippen LogP contribution is 2.19. The topological polar surface area (TPSA) is 44.8 Å². The van der Waals surface area contributed by atoms with Gasteiger partial charge in [-0.05, 0) is 49.4 Å². The van der Waals surface area contributed by atoms with Crippen molar-refractivity contribution in [2.24, 2.45) is 0 Å². The Bertz CT molecular complexity index is 765. The smallest absolute Gasteiger partial charge is 0.257 e. The summed E-state index contributed by atoms with van der Waals surface area (Å²) < 4.78 is 18.6. The van der Waals surface area contributed by atoms with E-state index in [0.29, 0.717) is 6.54 Å². The number of carbonyl (C=O) groups is 1. The van der Waals surface area contributed by atoms with E-state index < -0.39 is 5.82 Å². The number of piperazine rings is 1. The van der Waals surface area contributed by atoms with Crippen molar-refractivity contribution in [3.8, 4) is 5.75 Å². The van der Waals surface area contributed by atoms with Crippen LogP contribution in [-0.4, -0.2) is 56.7 Å². The van der Waals surface area contributed by atoms with Gasteiger partial charge in [-0.1, -0.05) is 23.7 Å². The molecule has 1 aliphatic heterocycles. The number of nitrogens with one attached hydrogen (secondary N) is 1. The van der Waals surface area contributed by atoms with E-state index in [2.05, 4.69) is 27.2 Å². The van der Waals surface area contributed by atoms with E-state index in [4.69, 9.17) is 16.3 Å². The molecule has 28 heavy (non-hydrogen) atoms. The number of nitrogens with zero attached hydrogens (tertiary/aromatic N) is 2. The van der Waals surface area contributed by atoms with Crippen molar-refractivity contribution < 1.29 is 13.9 Å². The number of benzene rings is 2. The number of amides is 1. The van der Waals surface area contributed by atoms with Gasteiger partial charge in [-0.2, -0.15) is 0 Å². The van der Waals surface area contributed by atoms with E-state index in [-0.39, 0.29) is 18.3 Å². The van der Waals surface area contributed by atoms with E-state index in [1.54, 1.807) is 12.1 Å². The molecule has 0 saturated carbocycles. The minimum Gasteiger partial charge on any atom is -0.481 e. The summed E-state index contributed by atoms with van der Waals surface area (Å²) in [6, 6.07) is 14.0. The molecule has 0 radical (unpaired) electrons. The number of hydrogen-bond acceptors (Lipinski definition) is 4. The van der Waals surface area contributed by atoms with Gasteiger partial charge in [0.05, 0.1) is 0 Å². The van der Waals surface area contributed by atoms with Gasteiger partial charge in [-0.15, -0.1) is 0 Å². The van der Waals surface area contributed by atoms with Gasteiger partial charge in [0.2, 0.25) is 0 Å². The average molecular weight is 406 g/mol. The molecule has 5 nitrogen and oxygen atoms in total. The average Bonchev–Trinajstić information content (AvgIpc) is 2.72. The van der Waals surface area contributed by atoms with Gasteiger partial charge in [0.1, 0.15) is 0 Å². The first kappa shape index (κ1) is 20.4. The normalized spacial score (nSPS) is 14.7. The van der Waals surface area contributed by atoms with E-state index >= 15 is 0 Å². The van der Waals surface area contributed by atoms with E-state index in [1.807, 2.05) is 12.1 Å². The molecule has 1 N–H and O–H groups in total. The van der Waals surface area contributed by atoms with E-state index in [0.717, 1.165) is 44.2 Å². The lowest BCUT2D eigenvalue weighted by atomic mass is 10.2. The second kappa shape index (κ2) is 10.3. The SMILES string of the molecule is O=C(COc1ccccc1F)NCCCN1CCN(c2ccc(Cl)cc2)CC1. The number of halogens is 2. The Morgan fingerprint density at radius 3 is 2.50 bits per heavy atom. The van der Waals surface area contributed by atoms with Crippen LogP contribution in [0.25, 0.3) is 0 Å². The molecule has 1 heterocycles. The Labute approximate surface area is 170 Å². The Kier molecular flexibility index (Phi) is 7.51. The molecule has 2 aromatic rings. The third kappa shape index (κ3) is 6.11. The van der Waals surface area contributed by atoms with Crippen LogP contribution in [0.2, 0.25) is 5.02 Å². The molecule has 150 valence electrons. The largest absolute Gasteiger partial charge is 0.481 e. The van der Waals surface area contributed by atoms with Gasteiger partial charge < -0.3 is 15.0 Å². The zero-order chi connectivity index (χ0) is 19.8. The fourth-order valence-electron chi connectivity index (χ4n) is 3.17. The van der Waals surface area contributed by atoms with Crippen molar-refractivity contribution >= 4 is 23.2 Å². The molecule has 2 aromatic carbocycles. The highest BCUT2D eigenvalue weighted by Gasteiger charge is 2.16. The van der Waals surface area contributed by atoms with Crippen LogP contribution in [0.1, 0.15) is 6.42 Å². The second-order valence-electron chi connectivity index (χ2n) is 6.73. The molecular weight excluding hydrogens is 381 g/mol. The molecule has 0 bridgehead atoms. The maximum atomic E-state index is 13.4. The number of ether oxygens (including phenoxy) is 1. The van der Waals surface area contributed by atoms with Crippen LogP contribution in [-0.2, 0) is 4.79 Å². The molecule has 7 heteroatoms. The van der Waals surface area contributed by atoms with Crippen molar-refractivity contribution in [1.82, 2.24) is 10.2 Å². The first-order valence-electron chi connectivity index (χ1n) is 9.49. The molecule has 1 amide bonds. The summed E-state index contributed by atoms with van der Waals surface area (Å²) in [6.45, 7) is 5.27. The molecule has 0 aliphatic carbocycles. The summed E-state index contributed by atoms with van der Waals surface area (Å²) in [5.41, 5.74) is 1.20. The predicted molar refractivity (Wildman–Crippen MR) is 110 cm³/mol. The summed E-state index contributed by atoms with van der Waals surface area (Å²) in [6.07, 6.45) is 0.867. The summed E-state index contributed by atoms with van der Waals surface area (Å²) in [5.74, 6) is -0.611. The van der Waals surface area contributed by atoms with Gasteiger partial charge in [0.15, 0.2) is 18.2 Å². The zero-order valence-corrected chi connectivity index (χ0v) is 16.5. The minimum absolute atomic E-state index is 0.0937. The highest BCUT2D eigenvalue weighted by molar-refractivity contribution is 6.30. The summed E-state index contributed by atoms with van der Waals surface area (Å²) in [5, 5.41) is 3.57. The van der Waals surface area contributed by atoms with Crippen LogP contribution in [0.15, 0.2) is 48.5 Å². The predicted octanol–water partition coefficient (Wildman–Crippen LogP) is 3.19. The zero-order valence-electron chi connectivity index (χ0n) is 15.7. The summed E-state index contributed by atoms with van der Waals surface area (Å²) in [7, 11) is 0. The number of anilines is 1. The lowest BCUT2D eigenvalue weighted by Gasteiger charge is -2.36. The first-order chi connectivity index (χ1) is 13.6. The summed E-state index contributed by atoms with van der Waals surface area (Å²) in [4.78, 5) is 16.6. The van der Waals surface area contributed by atoms with Crippen molar-refractivity contribution in [2.45, 2.75) is 6.42 Å². The number of para-hydroxylation sites is 1. The van der Waals surface area contributed by atoms with Crippen LogP contribution < -0.4 is 15.0 Å². The van der Waals surface area contributed by atoms with Crippen LogP contribution in [0, 0.1) is 5.82 Å². The Morgan fingerprint density at radius 2 is 1.79 bits per heavy atom. The van der Waals surface area contributed by atoms with Crippen LogP contribution in [0.3, 0.4) is 0 Å². The fourth-order valence-corrected chi connectivity index (χ4v) is 3.29. The van der Waals surface area contributed by atoms with Crippen LogP contribution in [0.5, 0.6) is 5.75 Å². The standard InChI is InChI=1S/C21H25ClFN3O2/c22-17-6-8-18(9-7-17)26-14-12-25(13-15-26)11-3-10-24-21(27)16-28-20-5-2-1-4-19(20)23/h1-2,4-9H,3,10-16H2,(H,24,27). The first-order valence-corrected chi connectivity index (χ1v) is 9.86. The van der Waals surface area contributed by atoms with Gasteiger partial charge in [-0.25, -0.2) is 4.39 Å². The minimum atomic E-state index is -0.465. The van der Waals surface area contributed by atoms with Gasteiger partial charge >= 0.3 is 0 Å². The molecule has 1 aliphatic rings. The maximum Gasteiger partial charge on any atom is 0.257 e. The third-order valence-electron chi connectivity index (χ3n) is 4.73. The fraction of sp³-hybridized carbons (Fsp3) is 0.381. The Hall–Kier alpha value is -2.31. The van der Waals surface area contributed by atoms with Crippen molar-refractivity contribution in [3.63, 3.8) is 0 Å². The van der Waals surface area contributed by atoms with Crippen molar-refractivity contribution in [3.05, 3.63) is 59.4 Å². The molecular formula is C21H25ClFN3O2. The number of carbonyl (C=O) groups excluding carboxylic acids is 1. The highest BCUT2D eigenvalue weighted by atomic mass is 35.5. The lowest BCUT2D eigenvalue weighted by molar-refractivity contribution is -0.123. The Morgan fingerprint density at radius 1 is 1.07 bits per heavy atom. The molecule has 3 rings (SSSR count). The van der Waals surface area contributed by atoms with Gasteiger partial charge in [0, 0.05) is 43.4 Å². The Balaban J connectivity index is 1.28. The lowest BCUT2D eigenvalue weighted by Crippen LogP contribution is -2.47. The van der Waals surface area contributed by atoms with Crippen molar-refractivity contribution in [2.75, 3.05) is 50.8 Å². The molecule has 0 atom stereocenters. The number of hydrogen-bond donors (Lipinski definition) is 1. The monoisotopic (exact) mass is 405 g/mol. The molecule has 0 spiro atoms. The van der Waals surface area contributed by atoms with Crippen LogP contribution in [0.4, 0.5) is 10.1 Å². The number of rotatable bonds is 8. The molecule has 1 fully saturated rings. The maximum absolute atomic E-state index is 13.4. The second-order valence-corrected chi connectivity index (χ2v) is 7.16. The molecule has 1 saturated heterocycles. The van der Waals surface area contributed by atoms with Crippen LogP contribution >= 0.6 is 11.6 Å². The molecule has 0 unspecified atom stereocenters. The quantitative estimate of drug-likeness (QED) is 0.685. The summed E-state index contributed by atoms with van der Waals surface area (Å²) >= 11 is 5.94. The van der Waals surface area contributed by atoms with Crippen molar-refractivity contribution in [1.29, 1.82) is 0 Å². The molecule has 0 aromatic heterocycles. The van der Waals surface area contributed by atoms with E-state index in [9.17, 15) is 9.18 Å². The third-order valence-corrected chi connectivity index (χ3v) is 4.98. The van der Waals surface area contributed by atoms with E-state index in [1.165, 1.54) is 17.8 Å². The van der Waals surface area contributed by atoms with Gasteiger partial charge in [-0.3, -0.25) is 9.69 Å².